The molecule has 1 aliphatic rings. The summed E-state index contributed by atoms with van der Waals surface area (Å²) >= 11 is 6.11. The van der Waals surface area contributed by atoms with E-state index in [2.05, 4.69) is 5.10 Å². The Morgan fingerprint density at radius 2 is 2.21 bits per heavy atom. The van der Waals surface area contributed by atoms with Crippen LogP contribution in [0.25, 0.3) is 5.69 Å². The van der Waals surface area contributed by atoms with Gasteiger partial charge in [-0.3, -0.25) is 10.1 Å². The molecule has 7 heteroatoms. The van der Waals surface area contributed by atoms with Crippen molar-refractivity contribution in [1.82, 2.24) is 9.78 Å². The quantitative estimate of drug-likeness (QED) is 0.675. The van der Waals surface area contributed by atoms with Crippen molar-refractivity contribution in [3.05, 3.63) is 44.6 Å². The summed E-state index contributed by atoms with van der Waals surface area (Å²) in [5.41, 5.74) is 8.00. The molecular formula is C12H11ClN4O2. The lowest BCUT2D eigenvalue weighted by molar-refractivity contribution is -0.384. The number of halogens is 1. The van der Waals surface area contributed by atoms with Gasteiger partial charge in [0.1, 0.15) is 5.82 Å². The maximum absolute atomic E-state index is 11.1. The standard InChI is InChI=1S/C12H11ClN4O2/c13-8-4-2-6-10(17(18)19)11(8)16-9-5-1-3-7(9)12(14)15-16/h2,4,6H,1,3,5H2,(H2,14,15). The Morgan fingerprint density at radius 1 is 1.42 bits per heavy atom. The van der Waals surface area contributed by atoms with Crippen LogP contribution >= 0.6 is 11.6 Å². The molecule has 1 aromatic heterocycles. The van der Waals surface area contributed by atoms with Crippen LogP contribution in [0.1, 0.15) is 17.7 Å². The van der Waals surface area contributed by atoms with Crippen molar-refractivity contribution < 1.29 is 4.92 Å². The van der Waals surface area contributed by atoms with E-state index in [1.165, 1.54) is 10.7 Å². The summed E-state index contributed by atoms with van der Waals surface area (Å²) in [6.07, 6.45) is 2.65. The second-order valence-electron chi connectivity index (χ2n) is 4.44. The molecule has 6 nitrogen and oxygen atoms in total. The van der Waals surface area contributed by atoms with Gasteiger partial charge in [-0.2, -0.15) is 0 Å². The molecular weight excluding hydrogens is 268 g/mol. The zero-order valence-electron chi connectivity index (χ0n) is 9.97. The largest absolute Gasteiger partial charge is 0.382 e. The van der Waals surface area contributed by atoms with Gasteiger partial charge in [0.05, 0.1) is 15.6 Å². The first-order chi connectivity index (χ1) is 9.09. The molecule has 0 radical (unpaired) electrons. The lowest BCUT2D eigenvalue weighted by Gasteiger charge is -2.08. The molecule has 3 rings (SSSR count). The van der Waals surface area contributed by atoms with E-state index < -0.39 is 4.92 Å². The number of nitrogens with two attached hydrogens (primary N) is 1. The highest BCUT2D eigenvalue weighted by Crippen LogP contribution is 2.35. The second-order valence-corrected chi connectivity index (χ2v) is 4.85. The SMILES string of the molecule is Nc1nn(-c2c(Cl)cccc2[N+](=O)[O-])c2c1CCC2. The molecule has 0 atom stereocenters. The van der Waals surface area contributed by atoms with Gasteiger partial charge in [-0.25, -0.2) is 4.68 Å². The van der Waals surface area contributed by atoms with E-state index in [0.29, 0.717) is 16.5 Å². The summed E-state index contributed by atoms with van der Waals surface area (Å²) in [4.78, 5) is 10.7. The highest BCUT2D eigenvalue weighted by Gasteiger charge is 2.27. The molecule has 0 unspecified atom stereocenters. The monoisotopic (exact) mass is 278 g/mol. The summed E-state index contributed by atoms with van der Waals surface area (Å²) in [6, 6.07) is 4.58. The number of aromatic nitrogens is 2. The zero-order valence-corrected chi connectivity index (χ0v) is 10.7. The van der Waals surface area contributed by atoms with Gasteiger partial charge >= 0.3 is 0 Å². The van der Waals surface area contributed by atoms with Crippen LogP contribution < -0.4 is 5.73 Å². The van der Waals surface area contributed by atoms with Gasteiger partial charge in [-0.05, 0) is 25.3 Å². The fraction of sp³-hybridized carbons (Fsp3) is 0.250. The van der Waals surface area contributed by atoms with Crippen LogP contribution in [0.4, 0.5) is 11.5 Å². The van der Waals surface area contributed by atoms with E-state index in [-0.39, 0.29) is 5.69 Å². The molecule has 0 fully saturated rings. The van der Waals surface area contributed by atoms with Gasteiger partial charge in [0, 0.05) is 11.6 Å². The van der Waals surface area contributed by atoms with Gasteiger partial charge in [0.25, 0.3) is 5.69 Å². The third-order valence-electron chi connectivity index (χ3n) is 3.34. The fourth-order valence-corrected chi connectivity index (χ4v) is 2.76. The van der Waals surface area contributed by atoms with Crippen LogP contribution in [0.15, 0.2) is 18.2 Å². The average molecular weight is 279 g/mol. The molecule has 0 saturated heterocycles. The summed E-state index contributed by atoms with van der Waals surface area (Å²) in [6.45, 7) is 0. The van der Waals surface area contributed by atoms with Gasteiger partial charge in [0.15, 0.2) is 5.69 Å². The maximum Gasteiger partial charge on any atom is 0.296 e. The minimum Gasteiger partial charge on any atom is -0.382 e. The Morgan fingerprint density at radius 3 is 2.95 bits per heavy atom. The lowest BCUT2D eigenvalue weighted by Crippen LogP contribution is -2.06. The molecule has 19 heavy (non-hydrogen) atoms. The number of hydrogen-bond donors (Lipinski definition) is 1. The fourth-order valence-electron chi connectivity index (χ4n) is 2.51. The Bertz CT molecular complexity index is 681. The van der Waals surface area contributed by atoms with Gasteiger partial charge in [-0.15, -0.1) is 5.10 Å². The van der Waals surface area contributed by atoms with Crippen LogP contribution in [0, 0.1) is 10.1 Å². The highest BCUT2D eigenvalue weighted by atomic mass is 35.5. The molecule has 0 amide bonds. The second kappa shape index (κ2) is 4.24. The molecule has 0 aliphatic heterocycles. The molecule has 1 aliphatic carbocycles. The number of nitrogens with zero attached hydrogens (tertiary/aromatic N) is 3. The van der Waals surface area contributed by atoms with Crippen LogP contribution in [0.5, 0.6) is 0 Å². The van der Waals surface area contributed by atoms with Crippen LogP contribution in [0.2, 0.25) is 5.02 Å². The predicted octanol–water partition coefficient (Wildman–Crippen LogP) is 2.50. The Kier molecular flexibility index (Phi) is 2.67. The van der Waals surface area contributed by atoms with Crippen molar-refractivity contribution in [1.29, 1.82) is 0 Å². The molecule has 0 spiro atoms. The van der Waals surface area contributed by atoms with Crippen molar-refractivity contribution in [2.75, 3.05) is 5.73 Å². The maximum atomic E-state index is 11.1. The Hall–Kier alpha value is -2.08. The van der Waals surface area contributed by atoms with E-state index in [0.717, 1.165) is 30.5 Å². The van der Waals surface area contributed by atoms with Crippen LogP contribution in [-0.4, -0.2) is 14.7 Å². The van der Waals surface area contributed by atoms with Crippen LogP contribution in [0.3, 0.4) is 0 Å². The van der Waals surface area contributed by atoms with E-state index in [9.17, 15) is 10.1 Å². The number of fused-ring (bicyclic) bond motifs is 1. The Labute approximate surface area is 113 Å². The molecule has 1 heterocycles. The van der Waals surface area contributed by atoms with E-state index in [4.69, 9.17) is 17.3 Å². The summed E-state index contributed by atoms with van der Waals surface area (Å²) in [5, 5.41) is 15.6. The molecule has 98 valence electrons. The topological polar surface area (TPSA) is 87.0 Å². The number of rotatable bonds is 2. The molecule has 0 bridgehead atoms. The first-order valence-corrected chi connectivity index (χ1v) is 6.27. The summed E-state index contributed by atoms with van der Waals surface area (Å²) < 4.78 is 1.53. The van der Waals surface area contributed by atoms with Crippen molar-refractivity contribution in [3.63, 3.8) is 0 Å². The summed E-state index contributed by atoms with van der Waals surface area (Å²) in [7, 11) is 0. The van der Waals surface area contributed by atoms with Crippen molar-refractivity contribution in [3.8, 4) is 5.69 Å². The number of nitrogen functional groups attached to an aromatic ring is 1. The van der Waals surface area contributed by atoms with E-state index in [1.54, 1.807) is 12.1 Å². The molecule has 1 aromatic carbocycles. The predicted molar refractivity (Wildman–Crippen MR) is 71.7 cm³/mol. The zero-order chi connectivity index (χ0) is 13.6. The number of para-hydroxylation sites is 1. The number of benzene rings is 1. The van der Waals surface area contributed by atoms with Gasteiger partial charge in [-0.1, -0.05) is 17.7 Å². The van der Waals surface area contributed by atoms with Gasteiger partial charge in [0.2, 0.25) is 0 Å². The molecule has 2 aromatic rings. The normalized spacial score (nSPS) is 13.5. The minimum absolute atomic E-state index is 0.0651. The summed E-state index contributed by atoms with van der Waals surface area (Å²) in [5.74, 6) is 0.432. The smallest absolute Gasteiger partial charge is 0.296 e. The minimum atomic E-state index is -0.458. The number of nitro groups is 1. The Balaban J connectivity index is 2.29. The van der Waals surface area contributed by atoms with E-state index in [1.807, 2.05) is 0 Å². The molecule has 0 saturated carbocycles. The number of nitro benzene ring substituents is 1. The number of anilines is 1. The van der Waals surface area contributed by atoms with Crippen molar-refractivity contribution >= 4 is 23.1 Å². The first kappa shape index (κ1) is 12.0. The highest BCUT2D eigenvalue weighted by molar-refractivity contribution is 6.32. The third-order valence-corrected chi connectivity index (χ3v) is 3.64. The molecule has 2 N–H and O–H groups in total. The third kappa shape index (κ3) is 1.76. The first-order valence-electron chi connectivity index (χ1n) is 5.89. The van der Waals surface area contributed by atoms with Crippen molar-refractivity contribution in [2.45, 2.75) is 19.3 Å². The lowest BCUT2D eigenvalue weighted by atomic mass is 10.2. The van der Waals surface area contributed by atoms with E-state index >= 15 is 0 Å². The van der Waals surface area contributed by atoms with Gasteiger partial charge < -0.3 is 5.73 Å². The van der Waals surface area contributed by atoms with Crippen LogP contribution in [-0.2, 0) is 12.8 Å². The van der Waals surface area contributed by atoms with Crippen molar-refractivity contribution in [2.24, 2.45) is 0 Å². The number of hydrogen-bond acceptors (Lipinski definition) is 4. The average Bonchev–Trinajstić information content (AvgIpc) is 2.94.